The number of aryl methyl sites for hydroxylation is 1. The highest BCUT2D eigenvalue weighted by Crippen LogP contribution is 2.25. The van der Waals surface area contributed by atoms with Gasteiger partial charge in [-0.05, 0) is 26.0 Å². The van der Waals surface area contributed by atoms with Gasteiger partial charge in [-0.25, -0.2) is 9.69 Å². The minimum absolute atomic E-state index is 0.204. The van der Waals surface area contributed by atoms with E-state index in [1.165, 1.54) is 4.90 Å². The van der Waals surface area contributed by atoms with Crippen LogP contribution in [0.3, 0.4) is 0 Å². The fourth-order valence-electron chi connectivity index (χ4n) is 1.98. The molecule has 18 heavy (non-hydrogen) atoms. The summed E-state index contributed by atoms with van der Waals surface area (Å²) >= 11 is 0. The lowest BCUT2D eigenvalue weighted by atomic mass is 10.2. The van der Waals surface area contributed by atoms with Gasteiger partial charge in [-0.3, -0.25) is 9.69 Å². The molecule has 0 aromatic heterocycles. The Morgan fingerprint density at radius 3 is 2.44 bits per heavy atom. The molecule has 0 bridgehead atoms. The summed E-state index contributed by atoms with van der Waals surface area (Å²) in [7, 11) is 0. The highest BCUT2D eigenvalue weighted by atomic mass is 16.2. The van der Waals surface area contributed by atoms with Gasteiger partial charge in [0.1, 0.15) is 12.6 Å². The summed E-state index contributed by atoms with van der Waals surface area (Å²) in [4.78, 5) is 26.3. The van der Waals surface area contributed by atoms with Gasteiger partial charge in [0, 0.05) is 5.69 Å². The average Bonchev–Trinajstić information content (AvgIpc) is 2.56. The first-order chi connectivity index (χ1) is 8.56. The van der Waals surface area contributed by atoms with E-state index in [4.69, 9.17) is 5.26 Å². The van der Waals surface area contributed by atoms with Crippen LogP contribution in [0, 0.1) is 18.3 Å². The minimum Gasteiger partial charge on any atom is -0.282 e. The van der Waals surface area contributed by atoms with Crippen LogP contribution in [-0.4, -0.2) is 29.4 Å². The van der Waals surface area contributed by atoms with Crippen molar-refractivity contribution in [2.24, 2.45) is 0 Å². The minimum atomic E-state index is -0.562. The quantitative estimate of drug-likeness (QED) is 0.586. The number of carbonyl (C=O) groups is 2. The molecule has 2 rings (SSSR count). The molecule has 1 fully saturated rings. The Bertz CT molecular complexity index is 530. The molecule has 1 aromatic carbocycles. The molecule has 1 heterocycles. The van der Waals surface area contributed by atoms with Crippen LogP contribution in [0.1, 0.15) is 12.5 Å². The Morgan fingerprint density at radius 1 is 1.28 bits per heavy atom. The van der Waals surface area contributed by atoms with Gasteiger partial charge in [-0.1, -0.05) is 17.7 Å². The Labute approximate surface area is 105 Å². The van der Waals surface area contributed by atoms with Crippen LogP contribution < -0.4 is 4.90 Å². The summed E-state index contributed by atoms with van der Waals surface area (Å²) in [5, 5.41) is 8.63. The molecule has 92 valence electrons. The third-order valence-corrected chi connectivity index (χ3v) is 2.99. The molecule has 0 unspecified atom stereocenters. The number of nitrogens with zero attached hydrogens (tertiary/aromatic N) is 3. The lowest BCUT2D eigenvalue weighted by molar-refractivity contribution is -0.126. The number of carbonyl (C=O) groups excluding carboxylic acids is 2. The molecule has 1 atom stereocenters. The predicted molar refractivity (Wildman–Crippen MR) is 65.8 cm³/mol. The Kier molecular flexibility index (Phi) is 3.02. The molecule has 0 N–H and O–H groups in total. The number of nitriles is 1. The van der Waals surface area contributed by atoms with E-state index in [-0.39, 0.29) is 12.5 Å². The molecule has 1 aromatic rings. The summed E-state index contributed by atoms with van der Waals surface area (Å²) in [6.07, 6.45) is 0. The second-order valence-electron chi connectivity index (χ2n) is 4.25. The lowest BCUT2D eigenvalue weighted by Crippen LogP contribution is -2.34. The maximum Gasteiger partial charge on any atom is 0.332 e. The van der Waals surface area contributed by atoms with Crippen molar-refractivity contribution in [1.29, 1.82) is 5.26 Å². The molecule has 5 heteroatoms. The first-order valence-electron chi connectivity index (χ1n) is 5.64. The Balaban J connectivity index is 2.34. The number of imide groups is 1. The molecular formula is C13H13N3O2. The molecular weight excluding hydrogens is 230 g/mol. The summed E-state index contributed by atoms with van der Waals surface area (Å²) in [6.45, 7) is 3.41. The molecule has 0 aliphatic carbocycles. The largest absolute Gasteiger partial charge is 0.332 e. The molecule has 5 nitrogen and oxygen atoms in total. The van der Waals surface area contributed by atoms with Gasteiger partial charge in [-0.2, -0.15) is 5.26 Å². The van der Waals surface area contributed by atoms with Gasteiger partial charge in [-0.15, -0.1) is 0 Å². The van der Waals surface area contributed by atoms with Gasteiger partial charge in [0.05, 0.1) is 6.07 Å². The van der Waals surface area contributed by atoms with Crippen molar-refractivity contribution >= 4 is 17.6 Å². The van der Waals surface area contributed by atoms with Crippen LogP contribution in [-0.2, 0) is 4.79 Å². The second kappa shape index (κ2) is 4.49. The standard InChI is InChI=1S/C13H13N3O2/c1-9-3-5-11(6-4-9)16-10(2)12(17)15(8-7-14)13(16)18/h3-6,10H,8H2,1-2H3/t10-/m1/s1. The van der Waals surface area contributed by atoms with E-state index in [2.05, 4.69) is 0 Å². The van der Waals surface area contributed by atoms with Crippen LogP contribution in [0.4, 0.5) is 10.5 Å². The average molecular weight is 243 g/mol. The summed E-state index contributed by atoms with van der Waals surface area (Å²) in [5.74, 6) is -0.331. The number of amides is 3. The fraction of sp³-hybridized carbons (Fsp3) is 0.308. The zero-order chi connectivity index (χ0) is 13.3. The van der Waals surface area contributed by atoms with Crippen molar-refractivity contribution in [2.45, 2.75) is 19.9 Å². The van der Waals surface area contributed by atoms with E-state index in [0.717, 1.165) is 10.5 Å². The Hall–Kier alpha value is -2.35. The molecule has 0 spiro atoms. The molecule has 1 aliphatic rings. The third kappa shape index (κ3) is 1.82. The van der Waals surface area contributed by atoms with Crippen molar-refractivity contribution in [3.63, 3.8) is 0 Å². The predicted octanol–water partition coefficient (Wildman–Crippen LogP) is 1.68. The van der Waals surface area contributed by atoms with Crippen molar-refractivity contribution in [3.8, 4) is 6.07 Å². The topological polar surface area (TPSA) is 64.4 Å². The first kappa shape index (κ1) is 12.1. The zero-order valence-corrected chi connectivity index (χ0v) is 10.3. The number of urea groups is 1. The van der Waals surface area contributed by atoms with E-state index in [0.29, 0.717) is 5.69 Å². The summed E-state index contributed by atoms with van der Waals surface area (Å²) in [5.41, 5.74) is 1.75. The maximum atomic E-state index is 12.1. The van der Waals surface area contributed by atoms with Crippen molar-refractivity contribution < 1.29 is 9.59 Å². The van der Waals surface area contributed by atoms with Gasteiger partial charge < -0.3 is 0 Å². The summed E-state index contributed by atoms with van der Waals surface area (Å²) in [6, 6.07) is 8.20. The highest BCUT2D eigenvalue weighted by Gasteiger charge is 2.42. The maximum absolute atomic E-state index is 12.1. The van der Waals surface area contributed by atoms with Crippen LogP contribution in [0.25, 0.3) is 0 Å². The van der Waals surface area contributed by atoms with Crippen molar-refractivity contribution in [2.75, 3.05) is 11.4 Å². The smallest absolute Gasteiger partial charge is 0.282 e. The number of hydrogen-bond donors (Lipinski definition) is 0. The van der Waals surface area contributed by atoms with Gasteiger partial charge in [0.15, 0.2) is 0 Å². The van der Waals surface area contributed by atoms with Crippen LogP contribution in [0.2, 0.25) is 0 Å². The van der Waals surface area contributed by atoms with E-state index >= 15 is 0 Å². The fourth-order valence-corrected chi connectivity index (χ4v) is 1.98. The SMILES string of the molecule is Cc1ccc(N2C(=O)N(CC#N)C(=O)[C@H]2C)cc1. The first-order valence-corrected chi connectivity index (χ1v) is 5.64. The number of rotatable bonds is 2. The molecule has 0 radical (unpaired) electrons. The Morgan fingerprint density at radius 2 is 1.89 bits per heavy atom. The third-order valence-electron chi connectivity index (χ3n) is 2.99. The molecule has 3 amide bonds. The highest BCUT2D eigenvalue weighted by molar-refractivity contribution is 6.14. The van der Waals surface area contributed by atoms with Gasteiger partial charge in [0.25, 0.3) is 5.91 Å². The number of anilines is 1. The van der Waals surface area contributed by atoms with E-state index < -0.39 is 12.1 Å². The van der Waals surface area contributed by atoms with Crippen molar-refractivity contribution in [3.05, 3.63) is 29.8 Å². The number of hydrogen-bond acceptors (Lipinski definition) is 3. The lowest BCUT2D eigenvalue weighted by Gasteiger charge is -2.19. The van der Waals surface area contributed by atoms with Crippen LogP contribution in [0.15, 0.2) is 24.3 Å². The second-order valence-corrected chi connectivity index (χ2v) is 4.25. The molecule has 0 saturated carbocycles. The van der Waals surface area contributed by atoms with Crippen LogP contribution >= 0.6 is 0 Å². The number of benzene rings is 1. The van der Waals surface area contributed by atoms with E-state index in [1.807, 2.05) is 25.1 Å². The van der Waals surface area contributed by atoms with Crippen molar-refractivity contribution in [1.82, 2.24) is 4.90 Å². The van der Waals surface area contributed by atoms with Crippen LogP contribution in [0.5, 0.6) is 0 Å². The van der Waals surface area contributed by atoms with Gasteiger partial charge >= 0.3 is 6.03 Å². The molecule has 1 aliphatic heterocycles. The van der Waals surface area contributed by atoms with Gasteiger partial charge in [0.2, 0.25) is 0 Å². The normalized spacial score (nSPS) is 19.3. The monoisotopic (exact) mass is 243 g/mol. The van der Waals surface area contributed by atoms with E-state index in [9.17, 15) is 9.59 Å². The molecule has 1 saturated heterocycles. The summed E-state index contributed by atoms with van der Waals surface area (Å²) < 4.78 is 0. The zero-order valence-electron chi connectivity index (χ0n) is 10.3. The van der Waals surface area contributed by atoms with E-state index in [1.54, 1.807) is 19.1 Å².